The second kappa shape index (κ2) is 10.2. The highest BCUT2D eigenvalue weighted by Crippen LogP contribution is 2.41. The van der Waals surface area contributed by atoms with Crippen molar-refractivity contribution in [3.8, 4) is 5.88 Å². The van der Waals surface area contributed by atoms with Crippen LogP contribution in [0.25, 0.3) is 11.0 Å². The summed E-state index contributed by atoms with van der Waals surface area (Å²) in [5.41, 5.74) is 2.70. The van der Waals surface area contributed by atoms with Gasteiger partial charge in [-0.2, -0.15) is 4.98 Å². The third-order valence-corrected chi connectivity index (χ3v) is 5.28. The van der Waals surface area contributed by atoms with Gasteiger partial charge in [0.2, 0.25) is 11.8 Å². The molecule has 1 aliphatic carbocycles. The van der Waals surface area contributed by atoms with Crippen molar-refractivity contribution in [2.45, 2.75) is 32.4 Å². The van der Waals surface area contributed by atoms with Gasteiger partial charge in [-0.1, -0.05) is 6.07 Å². The number of hydrogen-bond donors (Lipinski definition) is 1. The van der Waals surface area contributed by atoms with Crippen LogP contribution in [0, 0.1) is 0 Å². The Morgan fingerprint density at radius 1 is 1.25 bits per heavy atom. The molecule has 1 aliphatic heterocycles. The molecule has 168 valence electrons. The summed E-state index contributed by atoms with van der Waals surface area (Å²) in [7, 11) is 0. The van der Waals surface area contributed by atoms with Crippen molar-refractivity contribution in [1.29, 1.82) is 0 Å². The Morgan fingerprint density at radius 3 is 2.78 bits per heavy atom. The van der Waals surface area contributed by atoms with Gasteiger partial charge in [0, 0.05) is 43.0 Å². The number of carbonyl (C=O) groups is 2. The lowest BCUT2D eigenvalue weighted by atomic mass is 10.2. The lowest BCUT2D eigenvalue weighted by Gasteiger charge is -2.26. The zero-order chi connectivity index (χ0) is 22.3. The lowest BCUT2D eigenvalue weighted by molar-refractivity contribution is -0.128. The molecule has 9 heteroatoms. The predicted molar refractivity (Wildman–Crippen MR) is 119 cm³/mol. The van der Waals surface area contributed by atoms with Crippen LogP contribution in [0.4, 0.5) is 5.69 Å². The van der Waals surface area contributed by atoms with Gasteiger partial charge in [-0.15, -0.1) is 0 Å². The Hall–Kier alpha value is -3.46. The van der Waals surface area contributed by atoms with Crippen molar-refractivity contribution in [3.63, 3.8) is 0 Å². The van der Waals surface area contributed by atoms with E-state index >= 15 is 0 Å². The van der Waals surface area contributed by atoms with E-state index in [-0.39, 0.29) is 5.91 Å². The fourth-order valence-electron chi connectivity index (χ4n) is 3.58. The van der Waals surface area contributed by atoms with Gasteiger partial charge in [0.1, 0.15) is 12.3 Å². The summed E-state index contributed by atoms with van der Waals surface area (Å²) in [6.07, 6.45) is 6.14. The number of amides is 1. The molecule has 0 spiro atoms. The monoisotopic (exact) mass is 437 g/mol. The normalized spacial score (nSPS) is 15.8. The van der Waals surface area contributed by atoms with Crippen LogP contribution in [-0.4, -0.2) is 53.2 Å². The van der Waals surface area contributed by atoms with Crippen molar-refractivity contribution < 1.29 is 19.1 Å². The second-order valence-electron chi connectivity index (χ2n) is 7.56. The number of anilines is 1. The molecule has 1 saturated carbocycles. The summed E-state index contributed by atoms with van der Waals surface area (Å²) in [5.74, 6) is 0.679. The highest BCUT2D eigenvalue weighted by Gasteiger charge is 2.30. The number of nitrogens with zero attached hydrogens (tertiary/aromatic N) is 4. The number of piperazine rings is 1. The zero-order valence-electron chi connectivity index (χ0n) is 18.1. The quantitative estimate of drug-likeness (QED) is 0.567. The van der Waals surface area contributed by atoms with Gasteiger partial charge in [0.25, 0.3) is 6.47 Å². The van der Waals surface area contributed by atoms with E-state index < -0.39 is 0 Å². The van der Waals surface area contributed by atoms with E-state index in [0.717, 1.165) is 41.8 Å². The summed E-state index contributed by atoms with van der Waals surface area (Å²) < 4.78 is 12.2. The highest BCUT2D eigenvalue weighted by atomic mass is 16.5. The molecule has 3 aromatic heterocycles. The molecule has 0 bridgehead atoms. The predicted octanol–water partition coefficient (Wildman–Crippen LogP) is 2.46. The standard InChI is InChI=1S/C20H21N5O2.C3H6O2/c26-19-11-21-9-10-24(19)17-12-25(15-4-5-15)20-16(17)6-7-18(23-20)27-13-14-3-1-2-8-22-14;1-2-5-3-4/h1-3,6-8,12,15,21H,4-5,9-11,13H2;3H,2H2,1H3. The van der Waals surface area contributed by atoms with Crippen molar-refractivity contribution in [2.75, 3.05) is 31.1 Å². The first-order valence-electron chi connectivity index (χ1n) is 10.8. The Labute approximate surface area is 186 Å². The van der Waals surface area contributed by atoms with E-state index in [9.17, 15) is 9.59 Å². The summed E-state index contributed by atoms with van der Waals surface area (Å²) in [6, 6.07) is 10.1. The molecule has 0 atom stereocenters. The minimum absolute atomic E-state index is 0.103. The number of aromatic nitrogens is 3. The fourth-order valence-corrected chi connectivity index (χ4v) is 3.58. The molecular weight excluding hydrogens is 410 g/mol. The molecule has 9 nitrogen and oxygen atoms in total. The molecular formula is C23H27N5O4. The fraction of sp³-hybridized carbons (Fsp3) is 0.391. The Balaban J connectivity index is 0.000000444. The maximum Gasteiger partial charge on any atom is 0.293 e. The molecule has 0 radical (unpaired) electrons. The smallest absolute Gasteiger partial charge is 0.293 e. The summed E-state index contributed by atoms with van der Waals surface area (Å²) in [5, 5.41) is 4.13. The van der Waals surface area contributed by atoms with E-state index in [1.54, 1.807) is 13.1 Å². The van der Waals surface area contributed by atoms with Crippen LogP contribution in [0.1, 0.15) is 31.5 Å². The van der Waals surface area contributed by atoms with Gasteiger partial charge >= 0.3 is 0 Å². The third kappa shape index (κ3) is 5.05. The number of carbonyl (C=O) groups excluding carboxylic acids is 2. The average Bonchev–Trinajstić information content (AvgIpc) is 3.60. The van der Waals surface area contributed by atoms with Crippen molar-refractivity contribution in [1.82, 2.24) is 19.9 Å². The van der Waals surface area contributed by atoms with Crippen LogP contribution in [0.3, 0.4) is 0 Å². The Kier molecular flexibility index (Phi) is 6.96. The van der Waals surface area contributed by atoms with E-state index in [1.807, 2.05) is 35.2 Å². The number of pyridine rings is 2. The zero-order valence-corrected chi connectivity index (χ0v) is 18.1. The molecule has 1 amide bonds. The van der Waals surface area contributed by atoms with Crippen molar-refractivity contribution in [2.24, 2.45) is 0 Å². The van der Waals surface area contributed by atoms with Gasteiger partial charge in [-0.25, -0.2) is 0 Å². The number of fused-ring (bicyclic) bond motifs is 1. The summed E-state index contributed by atoms with van der Waals surface area (Å²) in [6.45, 7) is 4.92. The van der Waals surface area contributed by atoms with Crippen molar-refractivity contribution >= 4 is 29.1 Å². The maximum absolute atomic E-state index is 12.4. The molecule has 2 fully saturated rings. The number of ether oxygens (including phenoxy) is 2. The number of nitrogens with one attached hydrogen (secondary N) is 1. The van der Waals surface area contributed by atoms with Crippen LogP contribution in [0.15, 0.2) is 42.7 Å². The van der Waals surface area contributed by atoms with Crippen molar-refractivity contribution in [3.05, 3.63) is 48.4 Å². The maximum atomic E-state index is 12.4. The molecule has 1 N–H and O–H groups in total. The lowest BCUT2D eigenvalue weighted by Crippen LogP contribution is -2.48. The largest absolute Gasteiger partial charge is 0.471 e. The van der Waals surface area contributed by atoms with Crippen LogP contribution in [-0.2, 0) is 20.9 Å². The molecule has 1 saturated heterocycles. The van der Waals surface area contributed by atoms with E-state index in [2.05, 4.69) is 25.8 Å². The van der Waals surface area contributed by atoms with Crippen LogP contribution in [0.2, 0.25) is 0 Å². The van der Waals surface area contributed by atoms with E-state index in [1.165, 1.54) is 0 Å². The van der Waals surface area contributed by atoms with Crippen LogP contribution >= 0.6 is 0 Å². The SMILES string of the molecule is CCOC=O.O=C1CNCCN1c1cn(C2CC2)c2nc(OCc3ccccn3)ccc12. The molecule has 2 aliphatic rings. The first kappa shape index (κ1) is 21.8. The van der Waals surface area contributed by atoms with Crippen LogP contribution in [0.5, 0.6) is 5.88 Å². The van der Waals surface area contributed by atoms with Gasteiger partial charge in [0.15, 0.2) is 0 Å². The minimum Gasteiger partial charge on any atom is -0.471 e. The third-order valence-electron chi connectivity index (χ3n) is 5.28. The molecule has 0 aromatic carbocycles. The average molecular weight is 438 g/mol. The molecule has 3 aromatic rings. The van der Waals surface area contributed by atoms with Gasteiger partial charge < -0.3 is 24.3 Å². The minimum atomic E-state index is 0.103. The summed E-state index contributed by atoms with van der Waals surface area (Å²) in [4.78, 5) is 32.4. The van der Waals surface area contributed by atoms with Gasteiger partial charge in [0.05, 0.1) is 24.5 Å². The second-order valence-corrected chi connectivity index (χ2v) is 7.56. The first-order valence-corrected chi connectivity index (χ1v) is 10.8. The van der Waals surface area contributed by atoms with Gasteiger partial charge in [-0.3, -0.25) is 14.6 Å². The number of hydrogen-bond acceptors (Lipinski definition) is 7. The van der Waals surface area contributed by atoms with E-state index in [4.69, 9.17) is 9.72 Å². The Morgan fingerprint density at radius 2 is 2.12 bits per heavy atom. The van der Waals surface area contributed by atoms with Crippen LogP contribution < -0.4 is 15.0 Å². The molecule has 5 rings (SSSR count). The molecule has 4 heterocycles. The topological polar surface area (TPSA) is 98.6 Å². The van der Waals surface area contributed by atoms with Gasteiger partial charge in [-0.05, 0) is 38.0 Å². The Bertz CT molecular complexity index is 1060. The highest BCUT2D eigenvalue weighted by molar-refractivity contribution is 6.04. The first-order chi connectivity index (χ1) is 15.7. The summed E-state index contributed by atoms with van der Waals surface area (Å²) >= 11 is 0. The number of rotatable bonds is 7. The molecule has 0 unspecified atom stereocenters. The molecule has 32 heavy (non-hydrogen) atoms. The van der Waals surface area contributed by atoms with E-state index in [0.29, 0.717) is 44.7 Å².